The van der Waals surface area contributed by atoms with Gasteiger partial charge in [0.25, 0.3) is 5.91 Å². The van der Waals surface area contributed by atoms with Crippen LogP contribution in [0.15, 0.2) is 55.1 Å². The summed E-state index contributed by atoms with van der Waals surface area (Å²) >= 11 is 0. The monoisotopic (exact) mass is 388 g/mol. The van der Waals surface area contributed by atoms with Gasteiger partial charge in [0, 0.05) is 11.9 Å². The van der Waals surface area contributed by atoms with Crippen LogP contribution in [0.1, 0.15) is 41.4 Å². The number of nitrogens with one attached hydrogen (secondary N) is 1. The number of nitrogens with zero attached hydrogens (tertiary/aromatic N) is 7. The van der Waals surface area contributed by atoms with E-state index in [2.05, 4.69) is 30.9 Å². The molecule has 0 radical (unpaired) electrons. The van der Waals surface area contributed by atoms with Crippen LogP contribution >= 0.6 is 0 Å². The number of anilines is 1. The molecule has 0 spiro atoms. The van der Waals surface area contributed by atoms with Crippen LogP contribution < -0.4 is 5.32 Å². The third kappa shape index (κ3) is 3.62. The minimum absolute atomic E-state index is 0.0872. The summed E-state index contributed by atoms with van der Waals surface area (Å²) in [5.41, 5.74) is 3.79. The first-order valence-corrected chi connectivity index (χ1v) is 9.19. The maximum absolute atomic E-state index is 13.0. The molecule has 1 amide bonds. The summed E-state index contributed by atoms with van der Waals surface area (Å²) in [6.07, 6.45) is 4.82. The number of carbonyl (C=O) groups excluding carboxylic acids is 1. The Morgan fingerprint density at radius 2 is 2.03 bits per heavy atom. The summed E-state index contributed by atoms with van der Waals surface area (Å²) in [5, 5.41) is 18.6. The van der Waals surface area contributed by atoms with Gasteiger partial charge in [0.05, 0.1) is 23.1 Å². The zero-order valence-corrected chi connectivity index (χ0v) is 16.3. The summed E-state index contributed by atoms with van der Waals surface area (Å²) in [6, 6.07) is 11.2. The maximum Gasteiger partial charge on any atom is 0.259 e. The van der Waals surface area contributed by atoms with Gasteiger partial charge in [-0.05, 0) is 59.2 Å². The molecule has 9 heteroatoms. The summed E-state index contributed by atoms with van der Waals surface area (Å²) in [4.78, 5) is 17.3. The highest BCUT2D eigenvalue weighted by Gasteiger charge is 2.21. The molecule has 1 N–H and O–H groups in total. The molecular formula is C20H20N8O. The molecule has 0 saturated carbocycles. The first-order chi connectivity index (χ1) is 14.0. The molecule has 4 rings (SSSR count). The van der Waals surface area contributed by atoms with Crippen molar-refractivity contribution >= 4 is 11.6 Å². The number of rotatable bonds is 5. The molecule has 1 aromatic carbocycles. The lowest BCUT2D eigenvalue weighted by atomic mass is 10.0. The predicted octanol–water partition coefficient (Wildman–Crippen LogP) is 2.93. The highest BCUT2D eigenvalue weighted by molar-refractivity contribution is 6.05. The molecule has 29 heavy (non-hydrogen) atoms. The van der Waals surface area contributed by atoms with Crippen molar-refractivity contribution in [2.45, 2.75) is 26.7 Å². The summed E-state index contributed by atoms with van der Waals surface area (Å²) in [7, 11) is 0. The maximum atomic E-state index is 13.0. The Morgan fingerprint density at radius 3 is 2.69 bits per heavy atom. The molecule has 0 aliphatic carbocycles. The Bertz CT molecular complexity index is 1130. The first kappa shape index (κ1) is 18.5. The Balaban J connectivity index is 1.62. The number of aryl methyl sites for hydroxylation is 1. The molecule has 0 saturated heterocycles. The van der Waals surface area contributed by atoms with Crippen LogP contribution in [0.5, 0.6) is 0 Å². The fourth-order valence-corrected chi connectivity index (χ4v) is 3.21. The van der Waals surface area contributed by atoms with E-state index in [0.29, 0.717) is 17.1 Å². The van der Waals surface area contributed by atoms with Crippen LogP contribution in [0.2, 0.25) is 0 Å². The third-order valence-corrected chi connectivity index (χ3v) is 4.51. The lowest BCUT2D eigenvalue weighted by molar-refractivity contribution is 0.102. The molecule has 3 heterocycles. The van der Waals surface area contributed by atoms with Gasteiger partial charge in [0.1, 0.15) is 6.33 Å². The highest BCUT2D eigenvalue weighted by Crippen LogP contribution is 2.24. The van der Waals surface area contributed by atoms with Crippen molar-refractivity contribution in [2.24, 2.45) is 0 Å². The van der Waals surface area contributed by atoms with E-state index < -0.39 is 0 Å². The van der Waals surface area contributed by atoms with Gasteiger partial charge in [-0.25, -0.2) is 14.3 Å². The number of hydrogen-bond donors (Lipinski definition) is 1. The average Bonchev–Trinajstić information content (AvgIpc) is 3.39. The van der Waals surface area contributed by atoms with Crippen molar-refractivity contribution in [3.63, 3.8) is 0 Å². The topological polar surface area (TPSA) is 103 Å². The first-order valence-electron chi connectivity index (χ1n) is 9.19. The molecule has 0 aliphatic rings. The zero-order chi connectivity index (χ0) is 20.4. The fourth-order valence-electron chi connectivity index (χ4n) is 3.21. The van der Waals surface area contributed by atoms with Gasteiger partial charge < -0.3 is 5.32 Å². The Hall–Kier alpha value is -3.88. The van der Waals surface area contributed by atoms with Crippen molar-refractivity contribution in [2.75, 3.05) is 5.32 Å². The van der Waals surface area contributed by atoms with Crippen LogP contribution in [0.25, 0.3) is 11.5 Å². The van der Waals surface area contributed by atoms with Gasteiger partial charge in [-0.15, -0.1) is 5.10 Å². The number of carbonyl (C=O) groups is 1. The van der Waals surface area contributed by atoms with Crippen molar-refractivity contribution in [1.82, 2.24) is 35.0 Å². The lowest BCUT2D eigenvalue weighted by Crippen LogP contribution is -2.16. The van der Waals surface area contributed by atoms with Gasteiger partial charge in [-0.2, -0.15) is 5.10 Å². The second kappa shape index (κ2) is 7.63. The van der Waals surface area contributed by atoms with E-state index in [9.17, 15) is 4.79 Å². The van der Waals surface area contributed by atoms with Crippen LogP contribution in [-0.2, 0) is 0 Å². The van der Waals surface area contributed by atoms with Gasteiger partial charge in [-0.3, -0.25) is 4.79 Å². The molecule has 146 valence electrons. The van der Waals surface area contributed by atoms with E-state index in [1.54, 1.807) is 21.8 Å². The number of aromatic nitrogens is 7. The Morgan fingerprint density at radius 1 is 1.17 bits per heavy atom. The predicted molar refractivity (Wildman–Crippen MR) is 107 cm³/mol. The number of hydrogen-bond acceptors (Lipinski definition) is 6. The third-order valence-electron chi connectivity index (χ3n) is 4.51. The quantitative estimate of drug-likeness (QED) is 0.564. The van der Waals surface area contributed by atoms with E-state index >= 15 is 0 Å². The van der Waals surface area contributed by atoms with E-state index in [0.717, 1.165) is 16.9 Å². The molecule has 9 nitrogen and oxygen atoms in total. The minimum atomic E-state index is -0.217. The van der Waals surface area contributed by atoms with Crippen LogP contribution in [0, 0.1) is 6.92 Å². The Kier molecular flexibility index (Phi) is 4.86. The second-order valence-corrected chi connectivity index (χ2v) is 6.91. The highest BCUT2D eigenvalue weighted by atomic mass is 16.1. The lowest BCUT2D eigenvalue weighted by Gasteiger charge is -2.13. The average molecular weight is 388 g/mol. The molecule has 0 fully saturated rings. The van der Waals surface area contributed by atoms with E-state index in [1.165, 1.54) is 6.33 Å². The van der Waals surface area contributed by atoms with Gasteiger partial charge in [-0.1, -0.05) is 19.9 Å². The molecule has 0 bridgehead atoms. The van der Waals surface area contributed by atoms with Crippen LogP contribution in [-0.4, -0.2) is 40.9 Å². The molecule has 4 aromatic rings. The molecular weight excluding hydrogens is 368 g/mol. The van der Waals surface area contributed by atoms with E-state index in [4.69, 9.17) is 0 Å². The van der Waals surface area contributed by atoms with E-state index in [-0.39, 0.29) is 11.8 Å². The summed E-state index contributed by atoms with van der Waals surface area (Å²) in [6.45, 7) is 5.99. The largest absolute Gasteiger partial charge is 0.322 e. The van der Waals surface area contributed by atoms with Gasteiger partial charge in [0.2, 0.25) is 0 Å². The van der Waals surface area contributed by atoms with Crippen molar-refractivity contribution in [1.29, 1.82) is 0 Å². The summed E-state index contributed by atoms with van der Waals surface area (Å²) < 4.78 is 3.29. The van der Waals surface area contributed by atoms with Gasteiger partial charge in [0.15, 0.2) is 5.82 Å². The number of amides is 1. The normalized spacial score (nSPS) is 11.0. The molecule has 0 unspecified atom stereocenters. The van der Waals surface area contributed by atoms with Crippen molar-refractivity contribution < 1.29 is 4.79 Å². The van der Waals surface area contributed by atoms with Crippen molar-refractivity contribution in [3.05, 3.63) is 71.9 Å². The number of tetrazole rings is 1. The smallest absolute Gasteiger partial charge is 0.259 e. The van der Waals surface area contributed by atoms with Gasteiger partial charge >= 0.3 is 0 Å². The second-order valence-electron chi connectivity index (χ2n) is 6.91. The molecule has 3 aromatic heterocycles. The zero-order valence-electron chi connectivity index (χ0n) is 16.3. The number of pyridine rings is 1. The Labute approximate surface area is 167 Å². The van der Waals surface area contributed by atoms with Crippen LogP contribution in [0.4, 0.5) is 5.69 Å². The fraction of sp³-hybridized carbons (Fsp3) is 0.200. The molecule has 0 atom stereocenters. The standard InChI is InChI=1S/C20H20N8O/c1-13(2)19-16(11-23-28(19)18-6-4-5-9-21-18)20(29)24-15-7-8-17(14(3)10-15)27-12-22-25-26-27/h4-13H,1-3H3,(H,24,29). The summed E-state index contributed by atoms with van der Waals surface area (Å²) in [5.74, 6) is 0.548. The molecule has 0 aliphatic heterocycles. The number of benzene rings is 1. The SMILES string of the molecule is Cc1cc(NC(=O)c2cnn(-c3ccccn3)c2C(C)C)ccc1-n1cnnn1. The van der Waals surface area contributed by atoms with E-state index in [1.807, 2.05) is 57.2 Å². The van der Waals surface area contributed by atoms with Crippen LogP contribution in [0.3, 0.4) is 0 Å². The minimum Gasteiger partial charge on any atom is -0.322 e. The van der Waals surface area contributed by atoms with Crippen molar-refractivity contribution in [3.8, 4) is 11.5 Å².